The molecule has 0 spiro atoms. The Labute approximate surface area is 187 Å². The quantitative estimate of drug-likeness (QED) is 0.266. The molecule has 0 aliphatic carbocycles. The van der Waals surface area contributed by atoms with Crippen molar-refractivity contribution in [1.29, 1.82) is 5.26 Å². The molecule has 0 bridgehead atoms. The zero-order chi connectivity index (χ0) is 20.1. The molecule has 0 aliphatic heterocycles. The van der Waals surface area contributed by atoms with Gasteiger partial charge in [0.1, 0.15) is 6.61 Å². The molecule has 0 saturated carbocycles. The summed E-state index contributed by atoms with van der Waals surface area (Å²) in [6.07, 6.45) is 1.74. The molecule has 140 valence electrons. The Kier molecular flexibility index (Phi) is 7.04. The van der Waals surface area contributed by atoms with Crippen LogP contribution in [0.5, 0.6) is 5.75 Å². The first-order chi connectivity index (χ1) is 13.5. The van der Waals surface area contributed by atoms with E-state index < -0.39 is 0 Å². The lowest BCUT2D eigenvalue weighted by atomic mass is 10.0. The summed E-state index contributed by atoms with van der Waals surface area (Å²) >= 11 is 22.0. The third kappa shape index (κ3) is 5.31. The molecule has 6 heteroatoms. The van der Waals surface area contributed by atoms with Gasteiger partial charge in [0.25, 0.3) is 0 Å². The highest BCUT2D eigenvalue weighted by Crippen LogP contribution is 2.36. The predicted molar refractivity (Wildman–Crippen MR) is 120 cm³/mol. The van der Waals surface area contributed by atoms with Crippen LogP contribution in [0.15, 0.2) is 65.1 Å². The van der Waals surface area contributed by atoms with Crippen LogP contribution in [0.3, 0.4) is 0 Å². The van der Waals surface area contributed by atoms with E-state index in [1.54, 1.807) is 30.3 Å². The fourth-order valence-electron chi connectivity index (χ4n) is 2.51. The van der Waals surface area contributed by atoms with Crippen molar-refractivity contribution in [1.82, 2.24) is 0 Å². The number of allylic oxidation sites excluding steroid dienone is 1. The number of hydrogen-bond acceptors (Lipinski definition) is 2. The van der Waals surface area contributed by atoms with Crippen LogP contribution in [-0.2, 0) is 6.61 Å². The summed E-state index contributed by atoms with van der Waals surface area (Å²) in [6, 6.07) is 20.5. The Morgan fingerprint density at radius 1 is 0.964 bits per heavy atom. The van der Waals surface area contributed by atoms with Crippen LogP contribution in [0.2, 0.25) is 15.1 Å². The van der Waals surface area contributed by atoms with Crippen LogP contribution >= 0.6 is 50.7 Å². The van der Waals surface area contributed by atoms with Gasteiger partial charge in [-0.2, -0.15) is 5.26 Å². The third-order valence-electron chi connectivity index (χ3n) is 3.90. The van der Waals surface area contributed by atoms with Gasteiger partial charge in [0.2, 0.25) is 0 Å². The molecular formula is C22H13BrCl3NO. The van der Waals surface area contributed by atoms with Gasteiger partial charge < -0.3 is 4.74 Å². The molecule has 0 amide bonds. The first kappa shape index (κ1) is 20.8. The second-order valence-electron chi connectivity index (χ2n) is 5.91. The number of ether oxygens (including phenoxy) is 1. The number of nitrogens with zero attached hydrogens (tertiary/aromatic N) is 1. The highest BCUT2D eigenvalue weighted by Gasteiger charge is 2.11. The predicted octanol–water partition coefficient (Wildman–Crippen LogP) is 8.05. The maximum absolute atomic E-state index is 9.50. The van der Waals surface area contributed by atoms with E-state index in [2.05, 4.69) is 22.0 Å². The first-order valence-electron chi connectivity index (χ1n) is 8.20. The lowest BCUT2D eigenvalue weighted by Crippen LogP contribution is -1.97. The van der Waals surface area contributed by atoms with E-state index >= 15 is 0 Å². The van der Waals surface area contributed by atoms with Gasteiger partial charge in [-0.05, 0) is 59.2 Å². The van der Waals surface area contributed by atoms with E-state index in [1.807, 2.05) is 36.4 Å². The molecule has 0 N–H and O–H groups in total. The molecule has 0 unspecified atom stereocenters. The highest BCUT2D eigenvalue weighted by atomic mass is 79.9. The Morgan fingerprint density at radius 3 is 2.14 bits per heavy atom. The molecule has 28 heavy (non-hydrogen) atoms. The van der Waals surface area contributed by atoms with Crippen molar-refractivity contribution in [2.45, 2.75) is 6.61 Å². The number of hydrogen-bond donors (Lipinski definition) is 0. The number of nitriles is 1. The van der Waals surface area contributed by atoms with Crippen molar-refractivity contribution in [2.24, 2.45) is 0 Å². The Morgan fingerprint density at radius 2 is 1.57 bits per heavy atom. The van der Waals surface area contributed by atoms with E-state index in [0.29, 0.717) is 38.6 Å². The van der Waals surface area contributed by atoms with Gasteiger partial charge in [0.05, 0.1) is 21.7 Å². The van der Waals surface area contributed by atoms with Crippen LogP contribution in [0.25, 0.3) is 11.6 Å². The van der Waals surface area contributed by atoms with E-state index in [9.17, 15) is 5.26 Å². The van der Waals surface area contributed by atoms with Gasteiger partial charge in [-0.3, -0.25) is 0 Å². The molecule has 0 atom stereocenters. The van der Waals surface area contributed by atoms with Crippen molar-refractivity contribution >= 4 is 62.4 Å². The Balaban J connectivity index is 1.83. The van der Waals surface area contributed by atoms with Gasteiger partial charge in [-0.15, -0.1) is 0 Å². The molecular weight excluding hydrogens is 481 g/mol. The molecule has 0 aliphatic rings. The molecule has 0 fully saturated rings. The third-order valence-corrected chi connectivity index (χ3v) is 5.25. The molecule has 0 radical (unpaired) electrons. The van der Waals surface area contributed by atoms with E-state index in [0.717, 1.165) is 15.6 Å². The van der Waals surface area contributed by atoms with Crippen molar-refractivity contribution in [2.75, 3.05) is 0 Å². The SMILES string of the molecule is N#C/C(=C\c1cc(Cl)c(OCc2ccc(Cl)cc2)c(Cl)c1)c1ccc(Br)cc1. The summed E-state index contributed by atoms with van der Waals surface area (Å²) < 4.78 is 6.73. The summed E-state index contributed by atoms with van der Waals surface area (Å²) in [6.45, 7) is 0.314. The largest absolute Gasteiger partial charge is 0.486 e. The standard InChI is InChI=1S/C22H13BrCl3NO/c23-18-5-3-16(4-6-18)17(12-27)9-15-10-20(25)22(21(26)11-15)28-13-14-1-7-19(24)8-2-14/h1-11H,13H2/b17-9+. The van der Waals surface area contributed by atoms with Crippen molar-refractivity contribution in [3.8, 4) is 11.8 Å². The molecule has 0 heterocycles. The van der Waals surface area contributed by atoms with E-state index in [1.165, 1.54) is 0 Å². The average molecular weight is 494 g/mol. The molecule has 3 rings (SSSR count). The smallest absolute Gasteiger partial charge is 0.157 e. The van der Waals surface area contributed by atoms with Crippen molar-refractivity contribution in [3.63, 3.8) is 0 Å². The molecule has 3 aromatic carbocycles. The fraction of sp³-hybridized carbons (Fsp3) is 0.0455. The average Bonchev–Trinajstić information content (AvgIpc) is 2.67. The lowest BCUT2D eigenvalue weighted by molar-refractivity contribution is 0.306. The molecule has 0 saturated heterocycles. The molecule has 0 aromatic heterocycles. The maximum Gasteiger partial charge on any atom is 0.157 e. The second kappa shape index (κ2) is 9.49. The number of rotatable bonds is 5. The van der Waals surface area contributed by atoms with E-state index in [-0.39, 0.29) is 0 Å². The maximum atomic E-state index is 9.50. The zero-order valence-electron chi connectivity index (χ0n) is 14.4. The minimum absolute atomic E-state index is 0.314. The minimum atomic E-state index is 0.314. The van der Waals surface area contributed by atoms with Crippen LogP contribution < -0.4 is 4.74 Å². The number of halogens is 4. The summed E-state index contributed by atoms with van der Waals surface area (Å²) in [5, 5.41) is 10.9. The summed E-state index contributed by atoms with van der Waals surface area (Å²) in [4.78, 5) is 0. The highest BCUT2D eigenvalue weighted by molar-refractivity contribution is 9.10. The summed E-state index contributed by atoms with van der Waals surface area (Å²) in [5.74, 6) is 0.401. The summed E-state index contributed by atoms with van der Waals surface area (Å²) in [5.41, 5.74) is 2.98. The molecule has 2 nitrogen and oxygen atoms in total. The van der Waals surface area contributed by atoms with Gasteiger partial charge >= 0.3 is 0 Å². The van der Waals surface area contributed by atoms with Crippen LogP contribution in [0, 0.1) is 11.3 Å². The summed E-state index contributed by atoms with van der Waals surface area (Å²) in [7, 11) is 0. The van der Waals surface area contributed by atoms with Crippen LogP contribution in [-0.4, -0.2) is 0 Å². The van der Waals surface area contributed by atoms with Crippen LogP contribution in [0.1, 0.15) is 16.7 Å². The lowest BCUT2D eigenvalue weighted by Gasteiger charge is -2.11. The Hall–Kier alpha value is -1.96. The van der Waals surface area contributed by atoms with Crippen molar-refractivity contribution < 1.29 is 4.74 Å². The van der Waals surface area contributed by atoms with Gasteiger partial charge in [-0.1, -0.05) is 75.0 Å². The van der Waals surface area contributed by atoms with Crippen molar-refractivity contribution in [3.05, 3.63) is 96.9 Å². The van der Waals surface area contributed by atoms with Gasteiger partial charge in [0, 0.05) is 9.50 Å². The zero-order valence-corrected chi connectivity index (χ0v) is 18.3. The first-order valence-corrected chi connectivity index (χ1v) is 10.1. The fourth-order valence-corrected chi connectivity index (χ4v) is 3.52. The number of benzene rings is 3. The molecule has 3 aromatic rings. The van der Waals surface area contributed by atoms with Gasteiger partial charge in [-0.25, -0.2) is 0 Å². The minimum Gasteiger partial charge on any atom is -0.486 e. The van der Waals surface area contributed by atoms with E-state index in [4.69, 9.17) is 39.5 Å². The van der Waals surface area contributed by atoms with Gasteiger partial charge in [0.15, 0.2) is 5.75 Å². The topological polar surface area (TPSA) is 33.0 Å². The monoisotopic (exact) mass is 491 g/mol. The second-order valence-corrected chi connectivity index (χ2v) is 8.07. The van der Waals surface area contributed by atoms with Crippen LogP contribution in [0.4, 0.5) is 0 Å². The Bertz CT molecular complexity index is 1030. The normalized spacial score (nSPS) is 11.2.